The topological polar surface area (TPSA) is 86.1 Å². The number of nitrogens with zero attached hydrogens (tertiary/aromatic N) is 3. The molecule has 0 aliphatic rings. The van der Waals surface area contributed by atoms with Gasteiger partial charge < -0.3 is 10.2 Å². The van der Waals surface area contributed by atoms with Gasteiger partial charge >= 0.3 is 11.8 Å². The van der Waals surface area contributed by atoms with Crippen LogP contribution >= 0.6 is 0 Å². The molecule has 0 saturated carbocycles. The van der Waals surface area contributed by atoms with Crippen LogP contribution in [0.3, 0.4) is 0 Å². The number of hydrogen-bond acceptors (Lipinski definition) is 4. The Morgan fingerprint density at radius 2 is 2.09 bits per heavy atom. The third-order valence-electron chi connectivity index (χ3n) is 3.67. The number of likely N-dealkylation sites (N-methyl/N-ethyl adjacent to an activating group) is 1. The fourth-order valence-corrected chi connectivity index (χ4v) is 2.15. The highest BCUT2D eigenvalue weighted by atomic mass is 16.2. The Hall–Kier alpha value is -2.94. The lowest BCUT2D eigenvalue weighted by Crippen LogP contribution is -2.42. The first-order valence-corrected chi connectivity index (χ1v) is 7.25. The van der Waals surface area contributed by atoms with E-state index in [2.05, 4.69) is 10.3 Å². The standard InChI is InChI=1S/C17H18N4O2/c1-11-7-8-13-5-4-6-14(15(13)19-11)20-16(22)17(23)21(3)12(2)9-10-18/h4-8,12H,9H2,1-3H3,(H,20,22)/t12-/m0/s1. The van der Waals surface area contributed by atoms with Crippen LogP contribution in [0, 0.1) is 18.3 Å². The second kappa shape index (κ2) is 6.88. The molecule has 0 spiro atoms. The van der Waals surface area contributed by atoms with Crippen LogP contribution < -0.4 is 5.32 Å². The van der Waals surface area contributed by atoms with Gasteiger partial charge in [-0.2, -0.15) is 5.26 Å². The number of carbonyl (C=O) groups is 2. The summed E-state index contributed by atoms with van der Waals surface area (Å²) in [5.41, 5.74) is 1.96. The lowest BCUT2D eigenvalue weighted by atomic mass is 10.1. The number of pyridine rings is 1. The molecule has 0 fully saturated rings. The molecular formula is C17H18N4O2. The normalized spacial score (nSPS) is 11.6. The Kier molecular flexibility index (Phi) is 4.91. The minimum absolute atomic E-state index is 0.171. The lowest BCUT2D eigenvalue weighted by Gasteiger charge is -2.22. The summed E-state index contributed by atoms with van der Waals surface area (Å²) in [6.07, 6.45) is 0.171. The Morgan fingerprint density at radius 1 is 1.35 bits per heavy atom. The summed E-state index contributed by atoms with van der Waals surface area (Å²) < 4.78 is 0. The van der Waals surface area contributed by atoms with Crippen molar-refractivity contribution in [2.45, 2.75) is 26.3 Å². The third kappa shape index (κ3) is 3.64. The van der Waals surface area contributed by atoms with Crippen molar-refractivity contribution in [3.8, 4) is 6.07 Å². The first kappa shape index (κ1) is 16.4. The van der Waals surface area contributed by atoms with Crippen LogP contribution in [0.1, 0.15) is 19.0 Å². The van der Waals surface area contributed by atoms with Gasteiger partial charge in [0.1, 0.15) is 0 Å². The molecule has 1 heterocycles. The van der Waals surface area contributed by atoms with Crippen LogP contribution in [0.2, 0.25) is 0 Å². The van der Waals surface area contributed by atoms with Crippen LogP contribution in [0.25, 0.3) is 10.9 Å². The fraction of sp³-hybridized carbons (Fsp3) is 0.294. The molecule has 2 amide bonds. The minimum Gasteiger partial charge on any atom is -0.334 e. The maximum Gasteiger partial charge on any atom is 0.313 e. The quantitative estimate of drug-likeness (QED) is 0.881. The van der Waals surface area contributed by atoms with E-state index in [1.807, 2.05) is 31.2 Å². The van der Waals surface area contributed by atoms with E-state index in [1.54, 1.807) is 19.1 Å². The maximum absolute atomic E-state index is 12.2. The second-order valence-corrected chi connectivity index (χ2v) is 5.41. The van der Waals surface area contributed by atoms with Gasteiger partial charge in [-0.3, -0.25) is 14.6 Å². The van der Waals surface area contributed by atoms with Gasteiger partial charge in [0.2, 0.25) is 0 Å². The van der Waals surface area contributed by atoms with Crippen LogP contribution in [0.4, 0.5) is 5.69 Å². The molecule has 1 aromatic heterocycles. The molecule has 1 N–H and O–H groups in total. The number of aromatic nitrogens is 1. The van der Waals surface area contributed by atoms with Gasteiger partial charge in [0.05, 0.1) is 23.7 Å². The number of hydrogen-bond donors (Lipinski definition) is 1. The smallest absolute Gasteiger partial charge is 0.313 e. The van der Waals surface area contributed by atoms with Crippen LogP contribution in [-0.2, 0) is 9.59 Å². The monoisotopic (exact) mass is 310 g/mol. The molecule has 118 valence electrons. The molecule has 23 heavy (non-hydrogen) atoms. The molecule has 1 atom stereocenters. The number of rotatable bonds is 3. The third-order valence-corrected chi connectivity index (χ3v) is 3.67. The first-order valence-electron chi connectivity index (χ1n) is 7.25. The summed E-state index contributed by atoms with van der Waals surface area (Å²) in [4.78, 5) is 30.0. The zero-order valence-corrected chi connectivity index (χ0v) is 13.3. The number of amides is 2. The van der Waals surface area contributed by atoms with E-state index >= 15 is 0 Å². The van der Waals surface area contributed by atoms with E-state index in [1.165, 1.54) is 11.9 Å². The highest BCUT2D eigenvalue weighted by Gasteiger charge is 2.23. The van der Waals surface area contributed by atoms with Gasteiger partial charge in [0.25, 0.3) is 0 Å². The fourth-order valence-electron chi connectivity index (χ4n) is 2.15. The van der Waals surface area contributed by atoms with Crippen molar-refractivity contribution >= 4 is 28.4 Å². The molecule has 0 aliphatic carbocycles. The second-order valence-electron chi connectivity index (χ2n) is 5.41. The van der Waals surface area contributed by atoms with Crippen molar-refractivity contribution in [1.29, 1.82) is 5.26 Å². The van der Waals surface area contributed by atoms with Crippen LogP contribution in [0.5, 0.6) is 0 Å². The zero-order chi connectivity index (χ0) is 17.0. The van der Waals surface area contributed by atoms with Crippen molar-refractivity contribution in [1.82, 2.24) is 9.88 Å². The van der Waals surface area contributed by atoms with E-state index in [-0.39, 0.29) is 12.5 Å². The van der Waals surface area contributed by atoms with Crippen molar-refractivity contribution < 1.29 is 9.59 Å². The number of benzene rings is 1. The molecule has 2 rings (SSSR count). The molecule has 6 heteroatoms. The van der Waals surface area contributed by atoms with E-state index < -0.39 is 11.8 Å². The molecule has 6 nitrogen and oxygen atoms in total. The number of nitriles is 1. The van der Waals surface area contributed by atoms with Crippen molar-refractivity contribution in [2.75, 3.05) is 12.4 Å². The SMILES string of the molecule is Cc1ccc2cccc(NC(=O)C(=O)N(C)[C@@H](C)CC#N)c2n1. The first-order chi connectivity index (χ1) is 10.9. The molecule has 0 radical (unpaired) electrons. The Balaban J connectivity index is 2.22. The highest BCUT2D eigenvalue weighted by Crippen LogP contribution is 2.21. The predicted molar refractivity (Wildman–Crippen MR) is 87.6 cm³/mol. The number of nitrogens with one attached hydrogen (secondary N) is 1. The number of carbonyl (C=O) groups excluding carboxylic acids is 2. The minimum atomic E-state index is -0.743. The van der Waals surface area contributed by atoms with E-state index in [9.17, 15) is 9.59 Å². The van der Waals surface area contributed by atoms with Gasteiger partial charge in [-0.25, -0.2) is 0 Å². The molecule has 0 unspecified atom stereocenters. The van der Waals surface area contributed by atoms with E-state index in [4.69, 9.17) is 5.26 Å². The summed E-state index contributed by atoms with van der Waals surface area (Å²) in [5.74, 6) is -1.43. The van der Waals surface area contributed by atoms with Gasteiger partial charge in [0, 0.05) is 24.2 Å². The summed E-state index contributed by atoms with van der Waals surface area (Å²) in [5, 5.41) is 12.2. The van der Waals surface area contributed by atoms with Gasteiger partial charge in [-0.15, -0.1) is 0 Å². The van der Waals surface area contributed by atoms with Gasteiger partial charge in [-0.05, 0) is 26.0 Å². The zero-order valence-electron chi connectivity index (χ0n) is 13.3. The van der Waals surface area contributed by atoms with E-state index in [0.717, 1.165) is 11.1 Å². The molecule has 0 saturated heterocycles. The molecule has 0 bridgehead atoms. The maximum atomic E-state index is 12.2. The predicted octanol–water partition coefficient (Wildman–Crippen LogP) is 2.24. The Morgan fingerprint density at radius 3 is 2.78 bits per heavy atom. The van der Waals surface area contributed by atoms with Crippen LogP contribution in [0.15, 0.2) is 30.3 Å². The summed E-state index contributed by atoms with van der Waals surface area (Å²) >= 11 is 0. The average Bonchev–Trinajstić information content (AvgIpc) is 2.54. The van der Waals surface area contributed by atoms with Crippen LogP contribution in [-0.4, -0.2) is 34.8 Å². The number of para-hydroxylation sites is 1. The number of aryl methyl sites for hydroxylation is 1. The van der Waals surface area contributed by atoms with Crippen molar-refractivity contribution in [3.63, 3.8) is 0 Å². The summed E-state index contributed by atoms with van der Waals surface area (Å²) in [7, 11) is 1.51. The lowest BCUT2D eigenvalue weighted by molar-refractivity contribution is -0.143. The van der Waals surface area contributed by atoms with Crippen molar-refractivity contribution in [2.24, 2.45) is 0 Å². The van der Waals surface area contributed by atoms with Crippen molar-refractivity contribution in [3.05, 3.63) is 36.0 Å². The highest BCUT2D eigenvalue weighted by molar-refractivity contribution is 6.40. The largest absolute Gasteiger partial charge is 0.334 e. The molecule has 2 aromatic rings. The van der Waals surface area contributed by atoms with Gasteiger partial charge in [0.15, 0.2) is 0 Å². The van der Waals surface area contributed by atoms with Gasteiger partial charge in [-0.1, -0.05) is 18.2 Å². The van der Waals surface area contributed by atoms with E-state index in [0.29, 0.717) is 11.2 Å². The summed E-state index contributed by atoms with van der Waals surface area (Å²) in [6, 6.07) is 10.8. The molecule has 1 aromatic carbocycles. The number of fused-ring (bicyclic) bond motifs is 1. The Bertz CT molecular complexity index is 795. The molecular weight excluding hydrogens is 292 g/mol. The average molecular weight is 310 g/mol. The molecule has 0 aliphatic heterocycles. The summed E-state index contributed by atoms with van der Waals surface area (Å²) in [6.45, 7) is 3.58. The number of anilines is 1. The Labute approximate surface area is 134 Å².